The molecule has 2 nitrogen and oxygen atoms in total. The molecular formula is C14H11NO. The van der Waals surface area contributed by atoms with Gasteiger partial charge in [-0.3, -0.25) is 4.98 Å². The van der Waals surface area contributed by atoms with Gasteiger partial charge in [0, 0.05) is 28.9 Å². The SMILES string of the molecule is Cc1c(-c2cccnc2)oc2ccccc12. The summed E-state index contributed by atoms with van der Waals surface area (Å²) >= 11 is 0. The summed E-state index contributed by atoms with van der Waals surface area (Å²) in [4.78, 5) is 4.11. The van der Waals surface area contributed by atoms with Crippen LogP contribution in [-0.4, -0.2) is 4.98 Å². The van der Waals surface area contributed by atoms with Crippen LogP contribution in [0, 0.1) is 6.92 Å². The second-order valence-corrected chi connectivity index (χ2v) is 3.79. The molecule has 0 unspecified atom stereocenters. The van der Waals surface area contributed by atoms with E-state index in [4.69, 9.17) is 4.42 Å². The van der Waals surface area contributed by atoms with Gasteiger partial charge in [-0.25, -0.2) is 0 Å². The van der Waals surface area contributed by atoms with Gasteiger partial charge >= 0.3 is 0 Å². The van der Waals surface area contributed by atoms with Crippen molar-refractivity contribution in [3.8, 4) is 11.3 Å². The van der Waals surface area contributed by atoms with E-state index in [2.05, 4.69) is 18.0 Å². The number of rotatable bonds is 1. The van der Waals surface area contributed by atoms with Gasteiger partial charge in [0.15, 0.2) is 0 Å². The molecule has 0 atom stereocenters. The van der Waals surface area contributed by atoms with Gasteiger partial charge in [0.05, 0.1) is 0 Å². The minimum absolute atomic E-state index is 0.911. The molecule has 3 aromatic rings. The molecule has 0 radical (unpaired) electrons. The van der Waals surface area contributed by atoms with E-state index in [0.717, 1.165) is 16.9 Å². The van der Waals surface area contributed by atoms with E-state index >= 15 is 0 Å². The van der Waals surface area contributed by atoms with Gasteiger partial charge in [-0.05, 0) is 25.1 Å². The van der Waals surface area contributed by atoms with E-state index in [-0.39, 0.29) is 0 Å². The Kier molecular flexibility index (Phi) is 2.00. The lowest BCUT2D eigenvalue weighted by Crippen LogP contribution is -1.78. The van der Waals surface area contributed by atoms with Crippen molar-refractivity contribution in [2.24, 2.45) is 0 Å². The fourth-order valence-electron chi connectivity index (χ4n) is 1.95. The molecule has 0 aliphatic carbocycles. The summed E-state index contributed by atoms with van der Waals surface area (Å²) in [6.07, 6.45) is 3.59. The van der Waals surface area contributed by atoms with Crippen molar-refractivity contribution in [2.75, 3.05) is 0 Å². The Labute approximate surface area is 93.5 Å². The van der Waals surface area contributed by atoms with Gasteiger partial charge in [-0.1, -0.05) is 18.2 Å². The molecule has 0 saturated heterocycles. The van der Waals surface area contributed by atoms with Gasteiger partial charge < -0.3 is 4.42 Å². The summed E-state index contributed by atoms with van der Waals surface area (Å²) < 4.78 is 5.84. The molecule has 2 heteroatoms. The Bertz CT molecular complexity index is 626. The first-order chi connectivity index (χ1) is 7.86. The first kappa shape index (κ1) is 9.16. The Morgan fingerprint density at radius 1 is 1.06 bits per heavy atom. The van der Waals surface area contributed by atoms with E-state index in [1.807, 2.05) is 36.5 Å². The van der Waals surface area contributed by atoms with Crippen molar-refractivity contribution in [3.05, 3.63) is 54.4 Å². The number of furan rings is 1. The number of pyridine rings is 1. The van der Waals surface area contributed by atoms with Crippen LogP contribution in [0.4, 0.5) is 0 Å². The van der Waals surface area contributed by atoms with Crippen molar-refractivity contribution in [1.29, 1.82) is 0 Å². The third kappa shape index (κ3) is 1.31. The van der Waals surface area contributed by atoms with Gasteiger partial charge in [0.2, 0.25) is 0 Å². The number of para-hydroxylation sites is 1. The molecule has 0 spiro atoms. The highest BCUT2D eigenvalue weighted by Gasteiger charge is 2.11. The van der Waals surface area contributed by atoms with Crippen LogP contribution in [0.2, 0.25) is 0 Å². The lowest BCUT2D eigenvalue weighted by Gasteiger charge is -1.96. The van der Waals surface area contributed by atoms with Crippen LogP contribution >= 0.6 is 0 Å². The lowest BCUT2D eigenvalue weighted by molar-refractivity contribution is 0.629. The molecular weight excluding hydrogens is 198 g/mol. The zero-order chi connectivity index (χ0) is 11.0. The molecule has 16 heavy (non-hydrogen) atoms. The highest BCUT2D eigenvalue weighted by Crippen LogP contribution is 2.31. The summed E-state index contributed by atoms with van der Waals surface area (Å²) in [7, 11) is 0. The van der Waals surface area contributed by atoms with E-state index in [0.29, 0.717) is 0 Å². The average Bonchev–Trinajstić information content (AvgIpc) is 2.69. The van der Waals surface area contributed by atoms with E-state index < -0.39 is 0 Å². The molecule has 0 aliphatic rings. The number of benzene rings is 1. The molecule has 1 aromatic carbocycles. The summed E-state index contributed by atoms with van der Waals surface area (Å²) in [5, 5.41) is 1.17. The van der Waals surface area contributed by atoms with Gasteiger partial charge in [0.1, 0.15) is 11.3 Å². The van der Waals surface area contributed by atoms with Crippen molar-refractivity contribution >= 4 is 11.0 Å². The summed E-state index contributed by atoms with van der Waals surface area (Å²) in [5.41, 5.74) is 3.12. The fraction of sp³-hybridized carbons (Fsp3) is 0.0714. The maximum atomic E-state index is 5.84. The van der Waals surface area contributed by atoms with Crippen LogP contribution in [0.25, 0.3) is 22.3 Å². The highest BCUT2D eigenvalue weighted by molar-refractivity contribution is 5.87. The van der Waals surface area contributed by atoms with Crippen molar-refractivity contribution in [3.63, 3.8) is 0 Å². The molecule has 0 bridgehead atoms. The Balaban J connectivity index is 2.29. The highest BCUT2D eigenvalue weighted by atomic mass is 16.3. The molecule has 0 N–H and O–H groups in total. The number of aryl methyl sites for hydroxylation is 1. The quantitative estimate of drug-likeness (QED) is 0.609. The Morgan fingerprint density at radius 3 is 2.69 bits per heavy atom. The second kappa shape index (κ2) is 3.49. The van der Waals surface area contributed by atoms with Crippen molar-refractivity contribution in [1.82, 2.24) is 4.98 Å². The molecule has 0 aliphatic heterocycles. The predicted octanol–water partition coefficient (Wildman–Crippen LogP) is 3.80. The largest absolute Gasteiger partial charge is 0.456 e. The topological polar surface area (TPSA) is 26.0 Å². The van der Waals surface area contributed by atoms with Crippen LogP contribution in [0.5, 0.6) is 0 Å². The van der Waals surface area contributed by atoms with Crippen LogP contribution in [0.3, 0.4) is 0 Å². The number of fused-ring (bicyclic) bond motifs is 1. The first-order valence-corrected chi connectivity index (χ1v) is 5.25. The molecule has 78 valence electrons. The molecule has 2 aromatic heterocycles. The molecule has 3 rings (SSSR count). The normalized spacial score (nSPS) is 10.8. The zero-order valence-corrected chi connectivity index (χ0v) is 8.97. The van der Waals surface area contributed by atoms with Crippen LogP contribution in [0.15, 0.2) is 53.2 Å². The summed E-state index contributed by atoms with van der Waals surface area (Å²) in [6.45, 7) is 2.08. The van der Waals surface area contributed by atoms with Crippen molar-refractivity contribution in [2.45, 2.75) is 6.92 Å². The average molecular weight is 209 g/mol. The van der Waals surface area contributed by atoms with Gasteiger partial charge in [0.25, 0.3) is 0 Å². The third-order valence-electron chi connectivity index (χ3n) is 2.77. The molecule has 0 saturated carbocycles. The minimum atomic E-state index is 0.911. The van der Waals surface area contributed by atoms with Crippen LogP contribution < -0.4 is 0 Å². The fourth-order valence-corrected chi connectivity index (χ4v) is 1.95. The second-order valence-electron chi connectivity index (χ2n) is 3.79. The van der Waals surface area contributed by atoms with Gasteiger partial charge in [-0.2, -0.15) is 0 Å². The maximum Gasteiger partial charge on any atom is 0.139 e. The lowest BCUT2D eigenvalue weighted by atomic mass is 10.1. The predicted molar refractivity (Wildman–Crippen MR) is 64.2 cm³/mol. The minimum Gasteiger partial charge on any atom is -0.456 e. The van der Waals surface area contributed by atoms with E-state index in [1.165, 1.54) is 10.9 Å². The van der Waals surface area contributed by atoms with E-state index in [9.17, 15) is 0 Å². The molecule has 0 fully saturated rings. The number of hydrogen-bond acceptors (Lipinski definition) is 2. The van der Waals surface area contributed by atoms with Crippen molar-refractivity contribution < 1.29 is 4.42 Å². The standard InChI is InChI=1S/C14H11NO/c1-10-12-6-2-3-7-13(12)16-14(10)11-5-4-8-15-9-11/h2-9H,1H3. The summed E-state index contributed by atoms with van der Waals surface area (Å²) in [5.74, 6) is 0.911. The maximum absolute atomic E-state index is 5.84. The van der Waals surface area contributed by atoms with Crippen LogP contribution in [-0.2, 0) is 0 Å². The van der Waals surface area contributed by atoms with Crippen LogP contribution in [0.1, 0.15) is 5.56 Å². The number of aromatic nitrogens is 1. The third-order valence-corrected chi connectivity index (χ3v) is 2.77. The van der Waals surface area contributed by atoms with E-state index in [1.54, 1.807) is 6.20 Å². The number of nitrogens with zero attached hydrogens (tertiary/aromatic N) is 1. The smallest absolute Gasteiger partial charge is 0.139 e. The molecule has 2 heterocycles. The Morgan fingerprint density at radius 2 is 1.94 bits per heavy atom. The summed E-state index contributed by atoms with van der Waals surface area (Å²) in [6, 6.07) is 12.0. The zero-order valence-electron chi connectivity index (χ0n) is 8.97. The Hall–Kier alpha value is -2.09. The monoisotopic (exact) mass is 209 g/mol. The number of hydrogen-bond donors (Lipinski definition) is 0. The molecule has 0 amide bonds. The van der Waals surface area contributed by atoms with Gasteiger partial charge in [-0.15, -0.1) is 0 Å². The first-order valence-electron chi connectivity index (χ1n) is 5.25.